The van der Waals surface area contributed by atoms with Crippen LogP contribution in [0.1, 0.15) is 35.9 Å². The molecular weight excluding hydrogens is 347 g/mol. The first-order valence-electron chi connectivity index (χ1n) is 8.80. The van der Waals surface area contributed by atoms with Gasteiger partial charge >= 0.3 is 0 Å². The highest BCUT2D eigenvalue weighted by molar-refractivity contribution is 7.18. The predicted molar refractivity (Wildman–Crippen MR) is 103 cm³/mol. The first kappa shape index (κ1) is 16.9. The number of fused-ring (bicyclic) bond motifs is 1. The van der Waals surface area contributed by atoms with E-state index in [1.165, 1.54) is 12.1 Å². The summed E-state index contributed by atoms with van der Waals surface area (Å²) in [6.45, 7) is 0.743. The summed E-state index contributed by atoms with van der Waals surface area (Å²) in [5.41, 5.74) is 1.81. The molecule has 3 nitrogen and oxygen atoms in total. The predicted octanol–water partition coefficient (Wildman–Crippen LogP) is 5.20. The van der Waals surface area contributed by atoms with Crippen LogP contribution in [0.5, 0.6) is 0 Å². The van der Waals surface area contributed by atoms with Crippen molar-refractivity contribution in [3.63, 3.8) is 0 Å². The maximum absolute atomic E-state index is 13.0. The van der Waals surface area contributed by atoms with Gasteiger partial charge in [-0.2, -0.15) is 0 Å². The molecule has 0 unspecified atom stereocenters. The van der Waals surface area contributed by atoms with Crippen molar-refractivity contribution in [1.29, 1.82) is 0 Å². The van der Waals surface area contributed by atoms with E-state index in [0.29, 0.717) is 0 Å². The Bertz CT molecular complexity index is 915. The number of piperidine rings is 1. The summed E-state index contributed by atoms with van der Waals surface area (Å²) in [5, 5.41) is 1.01. The number of amides is 1. The summed E-state index contributed by atoms with van der Waals surface area (Å²) in [6.07, 6.45) is 6.38. The summed E-state index contributed by atoms with van der Waals surface area (Å²) < 4.78 is 14.2. The van der Waals surface area contributed by atoms with Crippen molar-refractivity contribution in [2.24, 2.45) is 0 Å². The molecule has 2 heterocycles. The number of nitrogens with zero attached hydrogens (tertiary/aromatic N) is 2. The summed E-state index contributed by atoms with van der Waals surface area (Å²) in [6, 6.07) is 14.2. The topological polar surface area (TPSA) is 33.2 Å². The minimum Gasteiger partial charge on any atom is -0.330 e. The van der Waals surface area contributed by atoms with E-state index in [9.17, 15) is 9.18 Å². The van der Waals surface area contributed by atoms with Crippen molar-refractivity contribution in [2.45, 2.75) is 25.3 Å². The van der Waals surface area contributed by atoms with Crippen LogP contribution >= 0.6 is 11.3 Å². The molecule has 1 aliphatic rings. The normalized spacial score (nSPS) is 17.9. The van der Waals surface area contributed by atoms with Gasteiger partial charge in [-0.3, -0.25) is 4.79 Å². The second-order valence-electron chi connectivity index (χ2n) is 6.45. The monoisotopic (exact) mass is 366 g/mol. The van der Waals surface area contributed by atoms with Crippen molar-refractivity contribution in [2.75, 3.05) is 6.54 Å². The zero-order chi connectivity index (χ0) is 17.9. The zero-order valence-corrected chi connectivity index (χ0v) is 15.1. The number of carbonyl (C=O) groups is 1. The second kappa shape index (κ2) is 7.38. The number of rotatable bonds is 3. The number of para-hydroxylation sites is 1. The fraction of sp³-hybridized carbons (Fsp3) is 0.238. The number of benzene rings is 2. The lowest BCUT2D eigenvalue weighted by molar-refractivity contribution is -0.129. The lowest BCUT2D eigenvalue weighted by atomic mass is 10.0. The van der Waals surface area contributed by atoms with Crippen molar-refractivity contribution in [1.82, 2.24) is 9.88 Å². The van der Waals surface area contributed by atoms with Gasteiger partial charge < -0.3 is 4.90 Å². The van der Waals surface area contributed by atoms with Gasteiger partial charge in [-0.15, -0.1) is 11.3 Å². The molecule has 1 aromatic heterocycles. The minimum absolute atomic E-state index is 0.0155. The Morgan fingerprint density at radius 2 is 1.96 bits per heavy atom. The number of thiazole rings is 1. The number of hydrogen-bond donors (Lipinski definition) is 0. The Kier molecular flexibility index (Phi) is 4.80. The summed E-state index contributed by atoms with van der Waals surface area (Å²) >= 11 is 1.67. The van der Waals surface area contributed by atoms with Gasteiger partial charge in [-0.1, -0.05) is 24.3 Å². The molecule has 0 radical (unpaired) electrons. The molecule has 26 heavy (non-hydrogen) atoms. The fourth-order valence-electron chi connectivity index (χ4n) is 3.32. The van der Waals surface area contributed by atoms with E-state index < -0.39 is 0 Å². The van der Waals surface area contributed by atoms with Crippen LogP contribution < -0.4 is 0 Å². The van der Waals surface area contributed by atoms with E-state index in [-0.39, 0.29) is 17.8 Å². The van der Waals surface area contributed by atoms with Gasteiger partial charge in [-0.25, -0.2) is 9.37 Å². The Balaban J connectivity index is 1.56. The molecule has 3 aromatic rings. The number of hydrogen-bond acceptors (Lipinski definition) is 3. The van der Waals surface area contributed by atoms with Gasteiger partial charge in [0.15, 0.2) is 0 Å². The third-order valence-electron chi connectivity index (χ3n) is 4.67. The second-order valence-corrected chi connectivity index (χ2v) is 7.51. The van der Waals surface area contributed by atoms with Crippen LogP contribution in [0, 0.1) is 5.82 Å². The molecule has 0 spiro atoms. The zero-order valence-electron chi connectivity index (χ0n) is 14.3. The van der Waals surface area contributed by atoms with Gasteiger partial charge in [0.2, 0.25) is 5.91 Å². The smallest absolute Gasteiger partial charge is 0.247 e. The van der Waals surface area contributed by atoms with Gasteiger partial charge in [0, 0.05) is 12.6 Å². The highest BCUT2D eigenvalue weighted by Gasteiger charge is 2.29. The quantitative estimate of drug-likeness (QED) is 0.597. The molecule has 4 rings (SSSR count). The maximum atomic E-state index is 13.0. The number of carbonyl (C=O) groups excluding carboxylic acids is 1. The Morgan fingerprint density at radius 3 is 2.77 bits per heavy atom. The van der Waals surface area contributed by atoms with Crippen LogP contribution in [0.15, 0.2) is 54.6 Å². The number of aromatic nitrogens is 1. The van der Waals surface area contributed by atoms with E-state index in [2.05, 4.69) is 6.07 Å². The first-order chi connectivity index (χ1) is 12.7. The van der Waals surface area contributed by atoms with E-state index >= 15 is 0 Å². The Labute approximate surface area is 155 Å². The largest absolute Gasteiger partial charge is 0.330 e. The fourth-order valence-corrected chi connectivity index (χ4v) is 4.44. The molecule has 1 saturated heterocycles. The molecule has 0 saturated carbocycles. The maximum Gasteiger partial charge on any atom is 0.247 e. The van der Waals surface area contributed by atoms with E-state index in [4.69, 9.17) is 4.98 Å². The third kappa shape index (κ3) is 3.53. The molecule has 0 aliphatic carbocycles. The van der Waals surface area contributed by atoms with Crippen LogP contribution in [0.2, 0.25) is 0 Å². The van der Waals surface area contributed by atoms with Gasteiger partial charge in [0.05, 0.1) is 16.3 Å². The number of halogens is 1. The molecule has 5 heteroatoms. The molecule has 1 aliphatic heterocycles. The van der Waals surface area contributed by atoms with Crippen molar-refractivity contribution in [3.05, 3.63) is 71.0 Å². The summed E-state index contributed by atoms with van der Waals surface area (Å²) in [5.74, 6) is -0.293. The minimum atomic E-state index is -0.277. The SMILES string of the molecule is O=C(/C=C/c1ccc(F)cc1)N1CCCC[C@H]1c1nc2ccccc2s1. The lowest BCUT2D eigenvalue weighted by Crippen LogP contribution is -2.37. The van der Waals surface area contributed by atoms with Gasteiger partial charge in [-0.05, 0) is 55.2 Å². The van der Waals surface area contributed by atoms with Crippen molar-refractivity contribution >= 4 is 33.5 Å². The average Bonchev–Trinajstić information content (AvgIpc) is 3.11. The molecular formula is C21H19FN2OS. The van der Waals surface area contributed by atoms with E-state index in [1.54, 1.807) is 35.6 Å². The van der Waals surface area contributed by atoms with E-state index in [1.807, 2.05) is 23.1 Å². The molecule has 1 amide bonds. The number of likely N-dealkylation sites (tertiary alicyclic amines) is 1. The summed E-state index contributed by atoms with van der Waals surface area (Å²) in [4.78, 5) is 19.5. The first-order valence-corrected chi connectivity index (χ1v) is 9.62. The van der Waals surface area contributed by atoms with Gasteiger partial charge in [0.25, 0.3) is 0 Å². The van der Waals surface area contributed by atoms with Gasteiger partial charge in [0.1, 0.15) is 10.8 Å². The van der Waals surface area contributed by atoms with Crippen LogP contribution in [-0.2, 0) is 4.79 Å². The van der Waals surface area contributed by atoms with Crippen molar-refractivity contribution < 1.29 is 9.18 Å². The Morgan fingerprint density at radius 1 is 1.15 bits per heavy atom. The van der Waals surface area contributed by atoms with Crippen LogP contribution in [0.25, 0.3) is 16.3 Å². The average molecular weight is 366 g/mol. The Hall–Kier alpha value is -2.53. The molecule has 1 fully saturated rings. The van der Waals surface area contributed by atoms with Crippen LogP contribution in [-0.4, -0.2) is 22.3 Å². The molecule has 0 bridgehead atoms. The molecule has 0 N–H and O–H groups in total. The molecule has 2 aromatic carbocycles. The van der Waals surface area contributed by atoms with Crippen molar-refractivity contribution in [3.8, 4) is 0 Å². The third-order valence-corrected chi connectivity index (χ3v) is 5.81. The van der Waals surface area contributed by atoms with Crippen LogP contribution in [0.3, 0.4) is 0 Å². The molecule has 132 valence electrons. The van der Waals surface area contributed by atoms with Crippen LogP contribution in [0.4, 0.5) is 4.39 Å². The highest BCUT2D eigenvalue weighted by atomic mass is 32.1. The summed E-state index contributed by atoms with van der Waals surface area (Å²) in [7, 11) is 0. The lowest BCUT2D eigenvalue weighted by Gasteiger charge is -2.33. The highest BCUT2D eigenvalue weighted by Crippen LogP contribution is 2.35. The van der Waals surface area contributed by atoms with E-state index in [0.717, 1.165) is 46.6 Å². The molecule has 1 atom stereocenters. The standard InChI is InChI=1S/C21H19FN2OS/c22-16-11-8-15(9-12-16)10-13-20(25)24-14-4-3-6-18(24)21-23-17-5-1-2-7-19(17)26-21/h1-2,5,7-13,18H,3-4,6,14H2/b13-10+/t18-/m0/s1.